The van der Waals surface area contributed by atoms with Gasteiger partial charge in [-0.15, -0.1) is 0 Å². The molecule has 3 rings (SSSR count). The Balaban J connectivity index is 1.85. The fourth-order valence-electron chi connectivity index (χ4n) is 2.72. The number of hydrazone groups is 1. The second-order valence-corrected chi connectivity index (χ2v) is 7.84. The van der Waals surface area contributed by atoms with Crippen molar-refractivity contribution in [1.29, 1.82) is 0 Å². The van der Waals surface area contributed by atoms with Crippen LogP contribution in [-0.2, 0) is 24.3 Å². The van der Waals surface area contributed by atoms with Crippen molar-refractivity contribution in [2.75, 3.05) is 38.7 Å². The molecule has 1 saturated heterocycles. The molecule has 0 bridgehead atoms. The van der Waals surface area contributed by atoms with E-state index in [0.29, 0.717) is 13.2 Å². The molecule has 27 heavy (non-hydrogen) atoms. The molecule has 1 fully saturated rings. The van der Waals surface area contributed by atoms with E-state index in [1.54, 1.807) is 0 Å². The fourth-order valence-corrected chi connectivity index (χ4v) is 4.31. The van der Waals surface area contributed by atoms with Crippen LogP contribution in [0.4, 0.5) is 5.69 Å². The van der Waals surface area contributed by atoms with Gasteiger partial charge < -0.3 is 14.8 Å². The minimum Gasteiger partial charge on any atom is -0.495 e. The van der Waals surface area contributed by atoms with E-state index >= 15 is 0 Å². The van der Waals surface area contributed by atoms with Gasteiger partial charge in [0.1, 0.15) is 16.4 Å². The lowest BCUT2D eigenvalue weighted by molar-refractivity contribution is -0.121. The Bertz CT molecular complexity index is 877. The molecule has 0 saturated carbocycles. The van der Waals surface area contributed by atoms with Gasteiger partial charge in [0.25, 0.3) is 5.91 Å². The van der Waals surface area contributed by atoms with E-state index in [1.807, 2.05) is 0 Å². The van der Waals surface area contributed by atoms with Gasteiger partial charge in [0.15, 0.2) is 0 Å². The molecule has 11 heteroatoms. The van der Waals surface area contributed by atoms with Crippen LogP contribution in [0.15, 0.2) is 28.2 Å². The molecule has 1 aromatic rings. The molecule has 0 unspecified atom stereocenters. The topological polar surface area (TPSA) is 126 Å². The molecule has 2 N–H and O–H groups in total. The van der Waals surface area contributed by atoms with Gasteiger partial charge in [0.2, 0.25) is 15.9 Å². The second-order valence-electron chi connectivity index (χ2n) is 5.93. The number of amides is 2. The first-order chi connectivity index (χ1) is 12.9. The number of nitrogens with one attached hydrogen (secondary N) is 2. The molecule has 10 nitrogen and oxygen atoms in total. The molecule has 0 aromatic heterocycles. The minimum atomic E-state index is -3.81. The molecule has 2 aliphatic heterocycles. The summed E-state index contributed by atoms with van der Waals surface area (Å²) in [4.78, 5) is 23.4. The third-order valence-corrected chi connectivity index (χ3v) is 6.10. The number of hydrogen-bond donors (Lipinski definition) is 2. The predicted molar refractivity (Wildman–Crippen MR) is 96.0 cm³/mol. The summed E-state index contributed by atoms with van der Waals surface area (Å²) in [5, 5.41) is 6.33. The molecule has 0 aliphatic carbocycles. The van der Waals surface area contributed by atoms with E-state index in [2.05, 4.69) is 15.8 Å². The van der Waals surface area contributed by atoms with Crippen LogP contribution in [0.1, 0.15) is 12.8 Å². The van der Waals surface area contributed by atoms with Gasteiger partial charge in [-0.05, 0) is 18.2 Å². The zero-order valence-electron chi connectivity index (χ0n) is 14.7. The molecular formula is C16H20N4O6S. The third kappa shape index (κ3) is 4.26. The first kappa shape index (κ1) is 19.3. The summed E-state index contributed by atoms with van der Waals surface area (Å²) >= 11 is 0. The van der Waals surface area contributed by atoms with E-state index < -0.39 is 15.9 Å². The van der Waals surface area contributed by atoms with Crippen molar-refractivity contribution < 1.29 is 27.5 Å². The summed E-state index contributed by atoms with van der Waals surface area (Å²) in [5.41, 5.74) is 2.70. The number of nitrogens with zero attached hydrogens (tertiary/aromatic N) is 2. The number of hydrogen-bond acceptors (Lipinski definition) is 7. The van der Waals surface area contributed by atoms with Crippen molar-refractivity contribution in [1.82, 2.24) is 9.73 Å². The summed E-state index contributed by atoms with van der Waals surface area (Å²) in [6, 6.07) is 4.37. The summed E-state index contributed by atoms with van der Waals surface area (Å²) < 4.78 is 37.6. The Hall–Kier alpha value is -2.50. The first-order valence-corrected chi connectivity index (χ1v) is 9.78. The van der Waals surface area contributed by atoms with E-state index in [1.165, 1.54) is 29.6 Å². The lowest BCUT2D eigenvalue weighted by Gasteiger charge is -2.26. The molecule has 2 heterocycles. The van der Waals surface area contributed by atoms with Gasteiger partial charge in [0.05, 0.1) is 20.3 Å². The van der Waals surface area contributed by atoms with Crippen LogP contribution in [-0.4, -0.2) is 63.7 Å². The number of benzene rings is 1. The molecule has 0 radical (unpaired) electrons. The number of methoxy groups -OCH3 is 1. The van der Waals surface area contributed by atoms with Gasteiger partial charge in [-0.2, -0.15) is 9.41 Å². The second kappa shape index (κ2) is 8.03. The Kier molecular flexibility index (Phi) is 5.73. The highest BCUT2D eigenvalue weighted by molar-refractivity contribution is 7.89. The lowest BCUT2D eigenvalue weighted by atomic mass is 10.1. The molecule has 146 valence electrons. The highest BCUT2D eigenvalue weighted by atomic mass is 32.2. The van der Waals surface area contributed by atoms with Crippen LogP contribution in [0.2, 0.25) is 0 Å². The molecule has 0 atom stereocenters. The number of carbonyl (C=O) groups is 2. The van der Waals surface area contributed by atoms with Crippen LogP contribution in [0.3, 0.4) is 0 Å². The average molecular weight is 396 g/mol. The number of sulfonamides is 1. The maximum atomic E-state index is 12.9. The number of anilines is 1. The monoisotopic (exact) mass is 396 g/mol. The average Bonchev–Trinajstić information content (AvgIpc) is 2.69. The van der Waals surface area contributed by atoms with Gasteiger partial charge in [-0.25, -0.2) is 13.8 Å². The van der Waals surface area contributed by atoms with Crippen molar-refractivity contribution in [3.05, 3.63) is 18.2 Å². The zero-order chi connectivity index (χ0) is 19.4. The highest BCUT2D eigenvalue weighted by Gasteiger charge is 2.30. The summed E-state index contributed by atoms with van der Waals surface area (Å²) in [6.45, 7) is 1.14. The number of ether oxygens (including phenoxy) is 2. The molecule has 0 spiro atoms. The van der Waals surface area contributed by atoms with Gasteiger partial charge in [-0.1, -0.05) is 0 Å². The maximum Gasteiger partial charge on any atom is 0.271 e. The highest BCUT2D eigenvalue weighted by Crippen LogP contribution is 2.30. The predicted octanol–water partition coefficient (Wildman–Crippen LogP) is -0.0794. The third-order valence-electron chi connectivity index (χ3n) is 4.18. The summed E-state index contributed by atoms with van der Waals surface area (Å²) in [5.74, 6) is -0.577. The van der Waals surface area contributed by atoms with Crippen molar-refractivity contribution in [2.45, 2.75) is 17.7 Å². The molecule has 2 aliphatic rings. The molecular weight excluding hydrogens is 376 g/mol. The normalized spacial score (nSPS) is 18.4. The lowest BCUT2D eigenvalue weighted by Crippen LogP contribution is -2.40. The Morgan fingerprint density at radius 3 is 2.67 bits per heavy atom. The van der Waals surface area contributed by atoms with Gasteiger partial charge >= 0.3 is 0 Å². The minimum absolute atomic E-state index is 0.0383. The Morgan fingerprint density at radius 2 is 2.04 bits per heavy atom. The SMILES string of the molecule is COc1ccc(NC(=O)C2=NNC(=O)CC2)cc1S(=O)(=O)N1CCOCC1. The maximum absolute atomic E-state index is 12.9. The number of carbonyl (C=O) groups excluding carboxylic acids is 2. The van der Waals surface area contributed by atoms with Gasteiger partial charge in [0, 0.05) is 31.6 Å². The van der Waals surface area contributed by atoms with Crippen LogP contribution in [0, 0.1) is 0 Å². The summed E-state index contributed by atoms with van der Waals surface area (Å²) in [7, 11) is -2.43. The molecule has 1 aromatic carbocycles. The summed E-state index contributed by atoms with van der Waals surface area (Å²) in [6.07, 6.45) is 0.387. The largest absolute Gasteiger partial charge is 0.495 e. The Labute approximate surface area is 156 Å². The van der Waals surface area contributed by atoms with Crippen LogP contribution >= 0.6 is 0 Å². The van der Waals surface area contributed by atoms with Crippen molar-refractivity contribution in [3.63, 3.8) is 0 Å². The van der Waals surface area contributed by atoms with Crippen LogP contribution in [0.5, 0.6) is 5.75 Å². The van der Waals surface area contributed by atoms with E-state index in [0.717, 1.165) is 0 Å². The van der Waals surface area contributed by atoms with Gasteiger partial charge in [-0.3, -0.25) is 9.59 Å². The van der Waals surface area contributed by atoms with Crippen molar-refractivity contribution >= 4 is 33.2 Å². The van der Waals surface area contributed by atoms with Crippen LogP contribution in [0.25, 0.3) is 0 Å². The van der Waals surface area contributed by atoms with Crippen molar-refractivity contribution in [3.8, 4) is 5.75 Å². The fraction of sp³-hybridized carbons (Fsp3) is 0.438. The molecule has 2 amide bonds. The number of morpholine rings is 1. The Morgan fingerprint density at radius 1 is 1.30 bits per heavy atom. The zero-order valence-corrected chi connectivity index (χ0v) is 15.5. The first-order valence-electron chi connectivity index (χ1n) is 8.34. The van der Waals surface area contributed by atoms with Crippen molar-refractivity contribution in [2.24, 2.45) is 5.10 Å². The van der Waals surface area contributed by atoms with E-state index in [-0.39, 0.29) is 53.9 Å². The smallest absolute Gasteiger partial charge is 0.271 e. The van der Waals surface area contributed by atoms with E-state index in [4.69, 9.17) is 9.47 Å². The standard InChI is InChI=1S/C16H20N4O6S/c1-25-13-4-2-11(17-16(22)12-3-5-15(21)19-18-12)10-14(13)27(23,24)20-6-8-26-9-7-20/h2,4,10H,3,5-9H2,1H3,(H,17,22)(H,19,21). The quantitative estimate of drug-likeness (QED) is 0.717. The number of rotatable bonds is 5. The van der Waals surface area contributed by atoms with E-state index in [9.17, 15) is 18.0 Å². The van der Waals surface area contributed by atoms with Crippen LogP contribution < -0.4 is 15.5 Å².